The van der Waals surface area contributed by atoms with E-state index in [-0.39, 0.29) is 15.7 Å². The minimum atomic E-state index is -4.50. The summed E-state index contributed by atoms with van der Waals surface area (Å²) >= 11 is 0. The maximum atomic E-state index is 13.1. The monoisotopic (exact) mass is 438 g/mol. The molecule has 2 aliphatic heterocycles. The third kappa shape index (κ3) is 3.60. The number of nitrogens with zero attached hydrogens (tertiary/aromatic N) is 2. The molecule has 2 aliphatic rings. The van der Waals surface area contributed by atoms with Crippen molar-refractivity contribution in [3.8, 4) is 0 Å². The fourth-order valence-corrected chi connectivity index (χ4v) is 6.04. The topological polar surface area (TPSA) is 40.6 Å². The molecule has 2 atom stereocenters. The number of benzene rings is 2. The van der Waals surface area contributed by atoms with E-state index in [0.29, 0.717) is 6.04 Å². The van der Waals surface area contributed by atoms with Crippen LogP contribution in [0.4, 0.5) is 18.9 Å². The summed E-state index contributed by atoms with van der Waals surface area (Å²) in [6.07, 6.45) is -2.52. The predicted molar refractivity (Wildman–Crippen MR) is 110 cm³/mol. The van der Waals surface area contributed by atoms with Crippen molar-refractivity contribution >= 4 is 15.5 Å². The summed E-state index contributed by atoms with van der Waals surface area (Å²) in [5.41, 5.74) is 1.20. The molecule has 8 heteroatoms. The van der Waals surface area contributed by atoms with Crippen molar-refractivity contribution in [2.75, 3.05) is 31.6 Å². The number of rotatable bonds is 3. The fraction of sp³-hybridized carbons (Fsp3) is 0.455. The average Bonchev–Trinajstić information content (AvgIpc) is 2.86. The molecular formula is C22H25F3N2O2S. The second-order valence-electron chi connectivity index (χ2n) is 8.04. The Hall–Kier alpha value is -2.06. The van der Waals surface area contributed by atoms with Gasteiger partial charge in [-0.25, -0.2) is 8.42 Å². The Morgan fingerprint density at radius 2 is 1.63 bits per heavy atom. The van der Waals surface area contributed by atoms with Crippen LogP contribution < -0.4 is 4.90 Å². The number of halogens is 3. The van der Waals surface area contributed by atoms with Gasteiger partial charge in [0.2, 0.25) is 9.84 Å². The molecule has 0 amide bonds. The van der Waals surface area contributed by atoms with E-state index < -0.39 is 21.6 Å². The van der Waals surface area contributed by atoms with E-state index in [9.17, 15) is 21.6 Å². The van der Waals surface area contributed by atoms with Gasteiger partial charge in [0.1, 0.15) is 0 Å². The van der Waals surface area contributed by atoms with E-state index in [2.05, 4.69) is 23.8 Å². The maximum Gasteiger partial charge on any atom is 0.416 e. The molecule has 0 saturated carbocycles. The number of likely N-dealkylation sites (N-methyl/N-ethyl adjacent to an activating group) is 1. The zero-order valence-electron chi connectivity index (χ0n) is 17.0. The summed E-state index contributed by atoms with van der Waals surface area (Å²) in [6.45, 7) is 5.14. The van der Waals surface area contributed by atoms with Gasteiger partial charge in [0.05, 0.1) is 15.4 Å². The number of likely N-dealkylation sites (tertiary alicyclic amines) is 1. The number of sulfone groups is 1. The third-order valence-corrected chi connectivity index (χ3v) is 8.25. The van der Waals surface area contributed by atoms with E-state index in [1.807, 2.05) is 6.07 Å². The van der Waals surface area contributed by atoms with Gasteiger partial charge in [0.25, 0.3) is 0 Å². The van der Waals surface area contributed by atoms with Crippen LogP contribution >= 0.6 is 0 Å². The summed E-state index contributed by atoms with van der Waals surface area (Å²) < 4.78 is 64.6. The van der Waals surface area contributed by atoms with Gasteiger partial charge in [-0.05, 0) is 74.0 Å². The van der Waals surface area contributed by atoms with Crippen molar-refractivity contribution in [2.45, 2.75) is 47.7 Å². The first-order valence-electron chi connectivity index (χ1n) is 10.1. The number of anilines is 1. The Bertz CT molecular complexity index is 1040. The van der Waals surface area contributed by atoms with E-state index >= 15 is 0 Å². The maximum absolute atomic E-state index is 13.1. The summed E-state index contributed by atoms with van der Waals surface area (Å²) in [6, 6.07) is 9.15. The lowest BCUT2D eigenvalue weighted by Crippen LogP contribution is -2.31. The molecule has 1 saturated heterocycles. The molecule has 0 spiro atoms. The van der Waals surface area contributed by atoms with Gasteiger partial charge in [0.15, 0.2) is 0 Å². The highest BCUT2D eigenvalue weighted by atomic mass is 32.2. The summed E-state index contributed by atoms with van der Waals surface area (Å²) in [7, 11) is -1.85. The standard InChI is InChI=1S/C22H25F3N2O2S/c1-3-27-12-10-18-19-14-17(8-9-20(19)26(2)21(18)11-13-27)30(28,29)16-6-4-15(5-7-16)22(23,24)25/h4-9,14,18,21H,3,10-13H2,1-2H3/t18-,21?/m1/s1. The van der Waals surface area contributed by atoms with E-state index in [1.165, 1.54) is 0 Å². The first-order valence-corrected chi connectivity index (χ1v) is 11.6. The van der Waals surface area contributed by atoms with Gasteiger partial charge >= 0.3 is 6.18 Å². The smallest absolute Gasteiger partial charge is 0.371 e. The zero-order chi connectivity index (χ0) is 21.7. The second kappa shape index (κ2) is 7.57. The number of fused-ring (bicyclic) bond motifs is 3. The molecule has 4 nitrogen and oxygen atoms in total. The third-order valence-electron chi connectivity index (χ3n) is 6.49. The lowest BCUT2D eigenvalue weighted by atomic mass is 9.91. The summed E-state index contributed by atoms with van der Waals surface area (Å²) in [4.78, 5) is 4.66. The van der Waals surface area contributed by atoms with Crippen LogP contribution in [0.1, 0.15) is 36.8 Å². The van der Waals surface area contributed by atoms with Gasteiger partial charge in [-0.1, -0.05) is 6.92 Å². The van der Waals surface area contributed by atoms with Crippen LogP contribution in [0, 0.1) is 0 Å². The molecule has 0 N–H and O–H groups in total. The Morgan fingerprint density at radius 3 is 2.27 bits per heavy atom. The van der Waals surface area contributed by atoms with Gasteiger partial charge in [-0.15, -0.1) is 0 Å². The molecule has 30 heavy (non-hydrogen) atoms. The highest BCUT2D eigenvalue weighted by Crippen LogP contribution is 2.45. The molecule has 1 fully saturated rings. The molecule has 0 aliphatic carbocycles. The van der Waals surface area contributed by atoms with Crippen LogP contribution in [0.5, 0.6) is 0 Å². The van der Waals surface area contributed by atoms with Crippen molar-refractivity contribution in [2.24, 2.45) is 0 Å². The quantitative estimate of drug-likeness (QED) is 0.705. The second-order valence-corrected chi connectivity index (χ2v) is 9.99. The van der Waals surface area contributed by atoms with Crippen molar-refractivity contribution in [1.82, 2.24) is 4.90 Å². The minimum Gasteiger partial charge on any atom is -0.371 e. The lowest BCUT2D eigenvalue weighted by molar-refractivity contribution is -0.137. The van der Waals surface area contributed by atoms with Crippen LogP contribution in [0.15, 0.2) is 52.3 Å². The number of hydrogen-bond acceptors (Lipinski definition) is 4. The van der Waals surface area contributed by atoms with Crippen LogP contribution in [0.25, 0.3) is 0 Å². The van der Waals surface area contributed by atoms with Crippen LogP contribution in [0.3, 0.4) is 0 Å². The summed E-state index contributed by atoms with van der Waals surface area (Å²) in [5.74, 6) is 0.254. The normalized spacial score (nSPS) is 22.5. The largest absolute Gasteiger partial charge is 0.416 e. The molecule has 0 radical (unpaired) electrons. The minimum absolute atomic E-state index is 0.128. The fourth-order valence-electron chi connectivity index (χ4n) is 4.74. The molecule has 2 aromatic rings. The van der Waals surface area contributed by atoms with Crippen LogP contribution in [-0.2, 0) is 16.0 Å². The van der Waals surface area contributed by atoms with Gasteiger partial charge in [-0.2, -0.15) is 13.2 Å². The molecular weight excluding hydrogens is 413 g/mol. The van der Waals surface area contributed by atoms with E-state index in [4.69, 9.17) is 0 Å². The molecule has 2 heterocycles. The lowest BCUT2D eigenvalue weighted by Gasteiger charge is -2.25. The molecule has 0 aromatic heterocycles. The molecule has 1 unspecified atom stereocenters. The van der Waals surface area contributed by atoms with Gasteiger partial charge < -0.3 is 9.80 Å². The Kier molecular flexibility index (Phi) is 5.34. The van der Waals surface area contributed by atoms with Crippen LogP contribution in [-0.4, -0.2) is 46.0 Å². The van der Waals surface area contributed by atoms with Crippen LogP contribution in [0.2, 0.25) is 0 Å². The number of hydrogen-bond donors (Lipinski definition) is 0. The first kappa shape index (κ1) is 21.2. The zero-order valence-corrected chi connectivity index (χ0v) is 17.8. The average molecular weight is 439 g/mol. The Labute approximate surface area is 175 Å². The first-order chi connectivity index (χ1) is 14.1. The van der Waals surface area contributed by atoms with E-state index in [0.717, 1.165) is 68.0 Å². The van der Waals surface area contributed by atoms with Crippen molar-refractivity contribution in [3.63, 3.8) is 0 Å². The molecule has 162 valence electrons. The summed E-state index contributed by atoms with van der Waals surface area (Å²) in [5, 5.41) is 0. The Balaban J connectivity index is 1.68. The molecule has 0 bridgehead atoms. The van der Waals surface area contributed by atoms with Gasteiger partial charge in [-0.3, -0.25) is 0 Å². The van der Waals surface area contributed by atoms with Gasteiger partial charge in [0, 0.05) is 31.2 Å². The highest BCUT2D eigenvalue weighted by Gasteiger charge is 2.39. The molecule has 2 aromatic carbocycles. The van der Waals surface area contributed by atoms with E-state index in [1.54, 1.807) is 12.1 Å². The predicted octanol–water partition coefficient (Wildman–Crippen LogP) is 4.56. The SMILES string of the molecule is CCN1CCC2[C@H](CC1)c1cc(S(=O)(=O)c3ccc(C(F)(F)F)cc3)ccc1N2C. The highest BCUT2D eigenvalue weighted by molar-refractivity contribution is 7.91. The number of alkyl halides is 3. The molecule has 4 rings (SSSR count). The van der Waals surface area contributed by atoms with Crippen molar-refractivity contribution in [3.05, 3.63) is 53.6 Å². The Morgan fingerprint density at radius 1 is 1.00 bits per heavy atom. The van der Waals surface area contributed by atoms with Crippen molar-refractivity contribution < 1.29 is 21.6 Å². The van der Waals surface area contributed by atoms with Crippen molar-refractivity contribution in [1.29, 1.82) is 0 Å².